The second-order valence-corrected chi connectivity index (χ2v) is 10.4. The molecule has 0 spiro atoms. The Morgan fingerprint density at radius 1 is 0.895 bits per heavy atom. The van der Waals surface area contributed by atoms with Crippen molar-refractivity contribution in [1.82, 2.24) is 9.80 Å². The van der Waals surface area contributed by atoms with Crippen LogP contribution in [0.5, 0.6) is 11.5 Å². The molecular weight excluding hydrogens is 505 g/mol. The van der Waals surface area contributed by atoms with Crippen molar-refractivity contribution in [2.45, 2.75) is 51.8 Å². The molecule has 11 heteroatoms. The Morgan fingerprint density at radius 3 is 2.11 bits per heavy atom. The number of fused-ring (bicyclic) bond motifs is 4. The number of allylic oxidation sites excluding steroid dienone is 2. The number of halogens is 3. The molecule has 6 atom stereocenters. The Kier molecular flexibility index (Phi) is 6.51. The molecule has 3 fully saturated rings. The van der Waals surface area contributed by atoms with Crippen molar-refractivity contribution < 1.29 is 42.2 Å². The SMILES string of the molecule is CCCN1C(=O)C2CC=C3C(CC4C(=O)N(CCC)C(=O)C4C3c3cc(OC(F)(F)F)ccc3O)C2C1=O. The van der Waals surface area contributed by atoms with E-state index in [-0.39, 0.29) is 49.1 Å². The fraction of sp³-hybridized carbons (Fsp3) is 0.556. The summed E-state index contributed by atoms with van der Waals surface area (Å²) in [5, 5.41) is 10.8. The topological polar surface area (TPSA) is 104 Å². The Morgan fingerprint density at radius 2 is 1.50 bits per heavy atom. The molecule has 0 radical (unpaired) electrons. The quantitative estimate of drug-likeness (QED) is 0.441. The van der Waals surface area contributed by atoms with Crippen molar-refractivity contribution >= 4 is 23.6 Å². The first-order chi connectivity index (χ1) is 18.0. The number of alkyl halides is 3. The maximum Gasteiger partial charge on any atom is 0.573 e. The number of likely N-dealkylation sites (tertiary alicyclic amines) is 2. The van der Waals surface area contributed by atoms with E-state index in [1.807, 2.05) is 13.8 Å². The van der Waals surface area contributed by atoms with Crippen molar-refractivity contribution in [3.63, 3.8) is 0 Å². The highest BCUT2D eigenvalue weighted by molar-refractivity contribution is 6.08. The lowest BCUT2D eigenvalue weighted by Gasteiger charge is -2.44. The standard InChI is InChI=1S/C27H29F3N2O6/c1-3-9-31-23(34)15-7-6-14-16(21(15)25(31)36)12-18-22(26(37)32(10-4-2)24(18)35)20(14)17-11-13(5-8-19(17)33)38-27(28,29)30/h5-6,8,11,15-16,18,20-22,33H,3-4,7,9-10,12H2,1-2H3. The number of ether oxygens (including phenoxy) is 1. The average molecular weight is 535 g/mol. The van der Waals surface area contributed by atoms with Gasteiger partial charge in [0, 0.05) is 24.6 Å². The van der Waals surface area contributed by atoms with Crippen molar-refractivity contribution in [3.05, 3.63) is 35.4 Å². The fourth-order valence-electron chi connectivity index (χ4n) is 6.93. The predicted octanol–water partition coefficient (Wildman–Crippen LogP) is 3.75. The van der Waals surface area contributed by atoms with Gasteiger partial charge < -0.3 is 9.84 Å². The molecule has 4 aliphatic rings. The molecule has 1 aromatic carbocycles. The summed E-state index contributed by atoms with van der Waals surface area (Å²) in [5.41, 5.74) is 0.629. The molecule has 2 aliphatic heterocycles. The van der Waals surface area contributed by atoms with Crippen LogP contribution in [0.3, 0.4) is 0 Å². The molecule has 8 nitrogen and oxygen atoms in total. The Bertz CT molecular complexity index is 1230. The van der Waals surface area contributed by atoms with Crippen molar-refractivity contribution in [1.29, 1.82) is 0 Å². The molecule has 1 aromatic rings. The van der Waals surface area contributed by atoms with E-state index in [0.29, 0.717) is 18.4 Å². The predicted molar refractivity (Wildman–Crippen MR) is 126 cm³/mol. The van der Waals surface area contributed by atoms with Crippen LogP contribution in [-0.4, -0.2) is 58.0 Å². The maximum atomic E-state index is 13.6. The number of hydrogen-bond acceptors (Lipinski definition) is 6. The minimum atomic E-state index is -4.97. The van der Waals surface area contributed by atoms with Crippen LogP contribution < -0.4 is 4.74 Å². The first-order valence-electron chi connectivity index (χ1n) is 13.0. The highest BCUT2D eigenvalue weighted by Crippen LogP contribution is 2.59. The van der Waals surface area contributed by atoms with Crippen molar-refractivity contribution in [2.75, 3.05) is 13.1 Å². The first kappa shape index (κ1) is 26.2. The van der Waals surface area contributed by atoms with E-state index in [2.05, 4.69) is 4.74 Å². The van der Waals surface area contributed by atoms with E-state index in [0.717, 1.165) is 18.2 Å². The van der Waals surface area contributed by atoms with Gasteiger partial charge in [-0.2, -0.15) is 0 Å². The van der Waals surface area contributed by atoms with Crippen LogP contribution in [0.15, 0.2) is 29.8 Å². The molecule has 2 heterocycles. The van der Waals surface area contributed by atoms with E-state index >= 15 is 0 Å². The number of amides is 4. The molecule has 1 saturated carbocycles. The molecule has 1 N–H and O–H groups in total. The molecule has 6 unspecified atom stereocenters. The molecule has 2 aliphatic carbocycles. The monoisotopic (exact) mass is 534 g/mol. The minimum Gasteiger partial charge on any atom is -0.508 e. The van der Waals surface area contributed by atoms with Crippen LogP contribution in [0, 0.1) is 29.6 Å². The summed E-state index contributed by atoms with van der Waals surface area (Å²) in [4.78, 5) is 55.9. The van der Waals surface area contributed by atoms with E-state index in [1.165, 1.54) is 9.80 Å². The second kappa shape index (κ2) is 9.43. The van der Waals surface area contributed by atoms with E-state index in [9.17, 15) is 37.5 Å². The molecule has 4 amide bonds. The maximum absolute atomic E-state index is 13.6. The Balaban J connectivity index is 1.63. The molecule has 38 heavy (non-hydrogen) atoms. The first-order valence-corrected chi connectivity index (χ1v) is 13.0. The van der Waals surface area contributed by atoms with Crippen LogP contribution in [0.2, 0.25) is 0 Å². The van der Waals surface area contributed by atoms with E-state index in [4.69, 9.17) is 0 Å². The zero-order valence-electron chi connectivity index (χ0n) is 21.0. The molecule has 0 bridgehead atoms. The van der Waals surface area contributed by atoms with Gasteiger partial charge >= 0.3 is 6.36 Å². The van der Waals surface area contributed by atoms with Crippen LogP contribution in [0.4, 0.5) is 13.2 Å². The lowest BCUT2D eigenvalue weighted by Crippen LogP contribution is -2.43. The Hall–Kier alpha value is -3.37. The molecule has 0 aromatic heterocycles. The normalized spacial score (nSPS) is 30.8. The van der Waals surface area contributed by atoms with Gasteiger partial charge in [0.2, 0.25) is 23.6 Å². The van der Waals surface area contributed by atoms with Gasteiger partial charge in [-0.05, 0) is 49.8 Å². The van der Waals surface area contributed by atoms with Gasteiger partial charge in [0.1, 0.15) is 11.5 Å². The van der Waals surface area contributed by atoms with Gasteiger partial charge in [-0.3, -0.25) is 29.0 Å². The van der Waals surface area contributed by atoms with E-state index < -0.39 is 59.4 Å². The number of hydrogen-bond donors (Lipinski definition) is 1. The van der Waals surface area contributed by atoms with Crippen molar-refractivity contribution in [2.24, 2.45) is 29.6 Å². The Labute approximate surface area is 217 Å². The highest BCUT2D eigenvalue weighted by atomic mass is 19.4. The minimum absolute atomic E-state index is 0.0258. The molecule has 204 valence electrons. The largest absolute Gasteiger partial charge is 0.573 e. The van der Waals surface area contributed by atoms with Gasteiger partial charge in [-0.1, -0.05) is 25.5 Å². The number of phenols is 1. The number of rotatable bonds is 6. The molecule has 2 saturated heterocycles. The molecular formula is C27H29F3N2O6. The highest BCUT2D eigenvalue weighted by Gasteiger charge is 2.62. The summed E-state index contributed by atoms with van der Waals surface area (Å²) in [5.74, 6) is -6.94. The van der Waals surface area contributed by atoms with Gasteiger partial charge in [0.05, 0.1) is 23.7 Å². The number of carbonyl (C=O) groups excluding carboxylic acids is 4. The third kappa shape index (κ3) is 4.06. The summed E-state index contributed by atoms with van der Waals surface area (Å²) in [6, 6.07) is 3.09. The van der Waals surface area contributed by atoms with Crippen LogP contribution in [-0.2, 0) is 19.2 Å². The third-order valence-corrected chi connectivity index (χ3v) is 8.29. The van der Waals surface area contributed by atoms with Gasteiger partial charge in [0.15, 0.2) is 0 Å². The second-order valence-electron chi connectivity index (χ2n) is 10.4. The number of benzene rings is 1. The van der Waals surface area contributed by atoms with Crippen molar-refractivity contribution in [3.8, 4) is 11.5 Å². The number of imide groups is 2. The number of carbonyl (C=O) groups is 4. The third-order valence-electron chi connectivity index (χ3n) is 8.29. The lowest BCUT2D eigenvalue weighted by molar-refractivity contribution is -0.274. The van der Waals surface area contributed by atoms with E-state index in [1.54, 1.807) is 6.08 Å². The zero-order chi connectivity index (χ0) is 27.5. The summed E-state index contributed by atoms with van der Waals surface area (Å²) in [6.45, 7) is 4.15. The fourth-order valence-corrected chi connectivity index (χ4v) is 6.93. The smallest absolute Gasteiger partial charge is 0.508 e. The summed E-state index contributed by atoms with van der Waals surface area (Å²) in [6.07, 6.45) is -1.66. The number of nitrogens with zero attached hydrogens (tertiary/aromatic N) is 2. The van der Waals surface area contributed by atoms with Crippen LogP contribution >= 0.6 is 0 Å². The summed E-state index contributed by atoms with van der Waals surface area (Å²) < 4.78 is 43.1. The number of aromatic hydroxyl groups is 1. The van der Waals surface area contributed by atoms with Gasteiger partial charge in [-0.25, -0.2) is 0 Å². The summed E-state index contributed by atoms with van der Waals surface area (Å²) in [7, 11) is 0. The molecule has 5 rings (SSSR count). The van der Waals surface area contributed by atoms with Gasteiger partial charge in [-0.15, -0.1) is 13.2 Å². The van der Waals surface area contributed by atoms with Crippen LogP contribution in [0.1, 0.15) is 51.0 Å². The summed E-state index contributed by atoms with van der Waals surface area (Å²) >= 11 is 0. The average Bonchev–Trinajstić information content (AvgIpc) is 3.24. The lowest BCUT2D eigenvalue weighted by atomic mass is 9.57. The van der Waals surface area contributed by atoms with Gasteiger partial charge in [0.25, 0.3) is 0 Å². The number of phenolic OH excluding ortho intramolecular Hbond substituents is 1. The van der Waals surface area contributed by atoms with Crippen LogP contribution in [0.25, 0.3) is 0 Å². The zero-order valence-corrected chi connectivity index (χ0v) is 21.0.